The van der Waals surface area contributed by atoms with Crippen LogP contribution in [0.2, 0.25) is 0 Å². The van der Waals surface area contributed by atoms with E-state index in [1.54, 1.807) is 0 Å². The molecule has 2 amide bonds. The van der Waals surface area contributed by atoms with Crippen molar-refractivity contribution in [3.63, 3.8) is 0 Å². The van der Waals surface area contributed by atoms with E-state index in [0.29, 0.717) is 37.0 Å². The number of benzene rings is 1. The first-order valence-electron chi connectivity index (χ1n) is 9.75. The summed E-state index contributed by atoms with van der Waals surface area (Å²) in [5.74, 6) is 0.433. The van der Waals surface area contributed by atoms with Gasteiger partial charge in [0.1, 0.15) is 5.75 Å². The standard InChI is InChI=1S/C20H25N5O3.ClH/c26-18(23-14-3-4-14)12-28-15-5-1-13(2-6-15)7-10-22-20(27)19-16-11-21-9-8-17(16)24-25-19;/h1-2,5-6,14,21H,3-4,7-12H2,(H,22,27)(H,23,26)(H,24,25);1H. The first-order valence-corrected chi connectivity index (χ1v) is 9.75. The van der Waals surface area contributed by atoms with Gasteiger partial charge in [0.25, 0.3) is 11.8 Å². The Bertz CT molecular complexity index is 848. The van der Waals surface area contributed by atoms with E-state index in [2.05, 4.69) is 26.1 Å². The van der Waals surface area contributed by atoms with Gasteiger partial charge in [-0.25, -0.2) is 0 Å². The summed E-state index contributed by atoms with van der Waals surface area (Å²) < 4.78 is 5.50. The third kappa shape index (κ3) is 5.71. The van der Waals surface area contributed by atoms with Crippen LogP contribution in [0.15, 0.2) is 24.3 Å². The summed E-state index contributed by atoms with van der Waals surface area (Å²) in [6, 6.07) is 7.92. The van der Waals surface area contributed by atoms with Crippen LogP contribution in [0.3, 0.4) is 0 Å². The van der Waals surface area contributed by atoms with Crippen molar-refractivity contribution in [3.05, 3.63) is 46.8 Å². The van der Waals surface area contributed by atoms with Crippen LogP contribution >= 0.6 is 12.4 Å². The number of ether oxygens (including phenoxy) is 1. The average Bonchev–Trinajstić information content (AvgIpc) is 3.42. The minimum absolute atomic E-state index is 0. The summed E-state index contributed by atoms with van der Waals surface area (Å²) in [5, 5.41) is 16.2. The van der Waals surface area contributed by atoms with Crippen LogP contribution in [0.4, 0.5) is 0 Å². The molecular weight excluding hydrogens is 394 g/mol. The molecule has 0 saturated heterocycles. The first-order chi connectivity index (χ1) is 13.7. The Balaban J connectivity index is 0.00000240. The van der Waals surface area contributed by atoms with Gasteiger partial charge in [-0.1, -0.05) is 12.1 Å². The van der Waals surface area contributed by atoms with E-state index < -0.39 is 0 Å². The molecule has 2 heterocycles. The summed E-state index contributed by atoms with van der Waals surface area (Å²) in [4.78, 5) is 24.0. The molecule has 29 heavy (non-hydrogen) atoms. The first kappa shape index (κ1) is 21.1. The number of aromatic nitrogens is 2. The number of amides is 2. The molecule has 0 radical (unpaired) electrons. The number of aromatic amines is 1. The van der Waals surface area contributed by atoms with Gasteiger partial charge in [-0.15, -0.1) is 12.4 Å². The van der Waals surface area contributed by atoms with Gasteiger partial charge < -0.3 is 20.7 Å². The van der Waals surface area contributed by atoms with Crippen LogP contribution in [0.1, 0.15) is 40.2 Å². The Kier molecular flexibility index (Phi) is 7.11. The van der Waals surface area contributed by atoms with Crippen molar-refractivity contribution < 1.29 is 14.3 Å². The van der Waals surface area contributed by atoms with E-state index in [1.165, 1.54) is 0 Å². The summed E-state index contributed by atoms with van der Waals surface area (Å²) in [6.07, 6.45) is 3.71. The molecule has 4 N–H and O–H groups in total. The zero-order valence-electron chi connectivity index (χ0n) is 16.1. The van der Waals surface area contributed by atoms with Crippen molar-refractivity contribution in [3.8, 4) is 5.75 Å². The number of carbonyl (C=O) groups excluding carboxylic acids is 2. The normalized spacial score (nSPS) is 15.0. The molecule has 1 saturated carbocycles. The van der Waals surface area contributed by atoms with Gasteiger partial charge in [0.15, 0.2) is 12.3 Å². The molecule has 0 atom stereocenters. The van der Waals surface area contributed by atoms with Gasteiger partial charge in [-0.05, 0) is 37.0 Å². The predicted molar refractivity (Wildman–Crippen MR) is 110 cm³/mol. The molecule has 1 aliphatic heterocycles. The topological polar surface area (TPSA) is 108 Å². The zero-order chi connectivity index (χ0) is 19.3. The second-order valence-electron chi connectivity index (χ2n) is 7.24. The van der Waals surface area contributed by atoms with Crippen LogP contribution in [0.5, 0.6) is 5.75 Å². The lowest BCUT2D eigenvalue weighted by molar-refractivity contribution is -0.123. The Morgan fingerprint density at radius 3 is 2.76 bits per heavy atom. The number of carbonyl (C=O) groups is 2. The van der Waals surface area contributed by atoms with E-state index in [-0.39, 0.29) is 30.8 Å². The van der Waals surface area contributed by atoms with E-state index in [9.17, 15) is 9.59 Å². The lowest BCUT2D eigenvalue weighted by Crippen LogP contribution is -2.30. The highest BCUT2D eigenvalue weighted by Gasteiger charge is 2.23. The van der Waals surface area contributed by atoms with Gasteiger partial charge in [0, 0.05) is 43.4 Å². The Morgan fingerprint density at radius 1 is 1.21 bits per heavy atom. The summed E-state index contributed by atoms with van der Waals surface area (Å²) in [5.41, 5.74) is 3.58. The number of nitrogens with zero attached hydrogens (tertiary/aromatic N) is 1. The smallest absolute Gasteiger partial charge is 0.272 e. The lowest BCUT2D eigenvalue weighted by atomic mass is 10.1. The van der Waals surface area contributed by atoms with Crippen LogP contribution in [-0.2, 0) is 24.2 Å². The molecule has 2 aliphatic rings. The molecule has 9 heteroatoms. The third-order valence-corrected chi connectivity index (χ3v) is 4.96. The van der Waals surface area contributed by atoms with Crippen molar-refractivity contribution in [1.29, 1.82) is 0 Å². The second-order valence-corrected chi connectivity index (χ2v) is 7.24. The average molecular weight is 420 g/mol. The van der Waals surface area contributed by atoms with Crippen molar-refractivity contribution in [2.75, 3.05) is 19.7 Å². The van der Waals surface area contributed by atoms with E-state index >= 15 is 0 Å². The Morgan fingerprint density at radius 2 is 2.00 bits per heavy atom. The predicted octanol–water partition coefficient (Wildman–Crippen LogP) is 1.11. The molecule has 0 unspecified atom stereocenters. The molecule has 0 spiro atoms. The maximum Gasteiger partial charge on any atom is 0.272 e. The van der Waals surface area contributed by atoms with Crippen LogP contribution in [0, 0.1) is 0 Å². The molecule has 156 valence electrons. The Labute approximate surface area is 175 Å². The Hall–Kier alpha value is -2.58. The summed E-state index contributed by atoms with van der Waals surface area (Å²) >= 11 is 0. The molecule has 4 rings (SSSR count). The van der Waals surface area contributed by atoms with E-state index in [4.69, 9.17) is 4.74 Å². The summed E-state index contributed by atoms with van der Waals surface area (Å²) in [7, 11) is 0. The fourth-order valence-corrected chi connectivity index (χ4v) is 3.22. The van der Waals surface area contributed by atoms with Crippen molar-refractivity contribution in [1.82, 2.24) is 26.1 Å². The molecule has 1 aromatic carbocycles. The SMILES string of the molecule is Cl.O=C(COc1ccc(CCNC(=O)c2n[nH]c3c2CNCC3)cc1)NC1CC1. The zero-order valence-corrected chi connectivity index (χ0v) is 16.9. The maximum atomic E-state index is 12.4. The number of fused-ring (bicyclic) bond motifs is 1. The number of nitrogens with one attached hydrogen (secondary N) is 4. The van der Waals surface area contributed by atoms with Crippen molar-refractivity contribution >= 4 is 24.2 Å². The van der Waals surface area contributed by atoms with E-state index in [0.717, 1.165) is 42.6 Å². The van der Waals surface area contributed by atoms with Crippen LogP contribution in [-0.4, -0.2) is 47.7 Å². The number of rotatable bonds is 8. The number of hydrogen-bond acceptors (Lipinski definition) is 5. The highest BCUT2D eigenvalue weighted by Crippen LogP contribution is 2.18. The monoisotopic (exact) mass is 419 g/mol. The third-order valence-electron chi connectivity index (χ3n) is 4.96. The van der Waals surface area contributed by atoms with Gasteiger partial charge in [-0.3, -0.25) is 14.7 Å². The minimum atomic E-state index is -0.150. The van der Waals surface area contributed by atoms with Crippen LogP contribution < -0.4 is 20.7 Å². The fourth-order valence-electron chi connectivity index (χ4n) is 3.22. The van der Waals surface area contributed by atoms with E-state index in [1.807, 2.05) is 24.3 Å². The van der Waals surface area contributed by atoms with Crippen molar-refractivity contribution in [2.24, 2.45) is 0 Å². The molecule has 0 bridgehead atoms. The van der Waals surface area contributed by atoms with Gasteiger partial charge >= 0.3 is 0 Å². The molecule has 8 nitrogen and oxygen atoms in total. The van der Waals surface area contributed by atoms with Gasteiger partial charge in [0.2, 0.25) is 0 Å². The number of hydrogen-bond donors (Lipinski definition) is 4. The fraction of sp³-hybridized carbons (Fsp3) is 0.450. The van der Waals surface area contributed by atoms with Crippen molar-refractivity contribution in [2.45, 2.75) is 38.3 Å². The molecule has 1 aromatic heterocycles. The molecule has 1 aliphatic carbocycles. The quantitative estimate of drug-likeness (QED) is 0.512. The highest BCUT2D eigenvalue weighted by atomic mass is 35.5. The van der Waals surface area contributed by atoms with Gasteiger partial charge in [0.05, 0.1) is 0 Å². The summed E-state index contributed by atoms with van der Waals surface area (Å²) in [6.45, 7) is 2.14. The van der Waals surface area contributed by atoms with Crippen LogP contribution in [0.25, 0.3) is 0 Å². The highest BCUT2D eigenvalue weighted by molar-refractivity contribution is 5.94. The molecular formula is C20H26ClN5O3. The number of halogens is 1. The second kappa shape index (κ2) is 9.76. The minimum Gasteiger partial charge on any atom is -0.484 e. The maximum absolute atomic E-state index is 12.4. The molecule has 1 fully saturated rings. The number of H-pyrrole nitrogens is 1. The van der Waals surface area contributed by atoms with Gasteiger partial charge in [-0.2, -0.15) is 5.10 Å². The largest absolute Gasteiger partial charge is 0.484 e. The lowest BCUT2D eigenvalue weighted by Gasteiger charge is -2.13. The molecule has 2 aromatic rings.